The minimum Gasteiger partial charge on any atom is -0.129 e. The van der Waals surface area contributed by atoms with Crippen LogP contribution in [0.4, 0.5) is 0 Å². The van der Waals surface area contributed by atoms with E-state index in [4.69, 9.17) is 0 Å². The zero-order valence-corrected chi connectivity index (χ0v) is 9.34. The number of aryl methyl sites for hydroxylation is 1. The highest BCUT2D eigenvalue weighted by molar-refractivity contribution is 9.10. The molecule has 0 amide bonds. The van der Waals surface area contributed by atoms with Crippen LogP contribution in [-0.2, 0) is 0 Å². The van der Waals surface area contributed by atoms with E-state index in [0.29, 0.717) is 0 Å². The molecule has 0 radical (unpaired) electrons. The van der Waals surface area contributed by atoms with Crippen molar-refractivity contribution < 1.29 is 0 Å². The molecular weight excluding hydrogens is 220 g/mol. The third-order valence-electron chi connectivity index (χ3n) is 1.66. The van der Waals surface area contributed by atoms with Crippen molar-refractivity contribution in [3.05, 3.63) is 27.7 Å². The molecule has 0 unspecified atom stereocenters. The highest BCUT2D eigenvalue weighted by Crippen LogP contribution is 2.27. The van der Waals surface area contributed by atoms with Crippen LogP contribution in [0.5, 0.6) is 0 Å². The number of rotatable bonds is 1. The second kappa shape index (κ2) is 3.63. The van der Waals surface area contributed by atoms with Gasteiger partial charge in [0, 0.05) is 9.37 Å². The van der Waals surface area contributed by atoms with Gasteiger partial charge in [-0.15, -0.1) is 11.8 Å². The summed E-state index contributed by atoms with van der Waals surface area (Å²) in [5.41, 5.74) is 2.65. The average Bonchev–Trinajstić information content (AvgIpc) is 1.96. The minimum atomic E-state index is 1.21. The molecule has 2 heteroatoms. The molecule has 0 heterocycles. The van der Waals surface area contributed by atoms with E-state index >= 15 is 0 Å². The maximum absolute atomic E-state index is 3.52. The van der Waals surface area contributed by atoms with E-state index in [1.807, 2.05) is 0 Å². The number of benzene rings is 1. The molecule has 0 aliphatic carbocycles. The summed E-state index contributed by atoms with van der Waals surface area (Å²) in [6.07, 6.45) is 2.11. The third kappa shape index (κ3) is 2.00. The summed E-state index contributed by atoms with van der Waals surface area (Å²) < 4.78 is 1.21. The number of thioether (sulfide) groups is 1. The lowest BCUT2D eigenvalue weighted by molar-refractivity contribution is 1.24. The van der Waals surface area contributed by atoms with Gasteiger partial charge in [0.1, 0.15) is 0 Å². The summed E-state index contributed by atoms with van der Waals surface area (Å²) in [5.74, 6) is 0. The molecule has 0 nitrogen and oxygen atoms in total. The van der Waals surface area contributed by atoms with Crippen LogP contribution in [0.3, 0.4) is 0 Å². The van der Waals surface area contributed by atoms with Gasteiger partial charge in [0.05, 0.1) is 0 Å². The van der Waals surface area contributed by atoms with E-state index in [2.05, 4.69) is 48.2 Å². The lowest BCUT2D eigenvalue weighted by Crippen LogP contribution is -1.82. The molecule has 0 aliphatic heterocycles. The van der Waals surface area contributed by atoms with Gasteiger partial charge >= 0.3 is 0 Å². The molecule has 0 spiro atoms. The van der Waals surface area contributed by atoms with Gasteiger partial charge in [-0.25, -0.2) is 0 Å². The summed E-state index contributed by atoms with van der Waals surface area (Å²) in [6.45, 7) is 4.25. The SMILES string of the molecule is CSc1cc(C)cc(Br)c1C. The summed E-state index contributed by atoms with van der Waals surface area (Å²) in [7, 11) is 0. The summed E-state index contributed by atoms with van der Waals surface area (Å²) in [4.78, 5) is 1.36. The molecule has 0 saturated carbocycles. The van der Waals surface area contributed by atoms with E-state index in [1.165, 1.54) is 20.5 Å². The van der Waals surface area contributed by atoms with Crippen molar-refractivity contribution in [2.24, 2.45) is 0 Å². The Hall–Kier alpha value is 0.0500. The standard InChI is InChI=1S/C9H11BrS/c1-6-4-8(10)7(2)9(5-6)11-3/h4-5H,1-3H3. The van der Waals surface area contributed by atoms with Crippen LogP contribution in [-0.4, -0.2) is 6.26 Å². The van der Waals surface area contributed by atoms with Crippen LogP contribution in [0.25, 0.3) is 0 Å². The van der Waals surface area contributed by atoms with E-state index in [0.717, 1.165) is 0 Å². The lowest BCUT2D eigenvalue weighted by Gasteiger charge is -2.05. The Morgan fingerprint density at radius 2 is 1.91 bits per heavy atom. The first-order chi connectivity index (χ1) is 5.15. The first kappa shape index (κ1) is 9.14. The molecule has 0 fully saturated rings. The first-order valence-corrected chi connectivity index (χ1v) is 5.47. The number of hydrogen-bond donors (Lipinski definition) is 0. The largest absolute Gasteiger partial charge is 0.129 e. The van der Waals surface area contributed by atoms with Gasteiger partial charge in [-0.1, -0.05) is 15.9 Å². The van der Waals surface area contributed by atoms with E-state index in [1.54, 1.807) is 11.8 Å². The normalized spacial score (nSPS) is 10.2. The summed E-state index contributed by atoms with van der Waals surface area (Å²) in [5, 5.41) is 0. The van der Waals surface area contributed by atoms with Gasteiger partial charge in [0.15, 0.2) is 0 Å². The van der Waals surface area contributed by atoms with Gasteiger partial charge in [-0.2, -0.15) is 0 Å². The van der Waals surface area contributed by atoms with Crippen LogP contribution in [0.15, 0.2) is 21.5 Å². The molecule has 0 aliphatic rings. The maximum Gasteiger partial charge on any atom is 0.0218 e. The van der Waals surface area contributed by atoms with Gasteiger partial charge in [0.2, 0.25) is 0 Å². The van der Waals surface area contributed by atoms with Crippen molar-refractivity contribution in [1.29, 1.82) is 0 Å². The third-order valence-corrected chi connectivity index (χ3v) is 3.35. The molecule has 1 rings (SSSR count). The quantitative estimate of drug-likeness (QED) is 0.662. The predicted molar refractivity (Wildman–Crippen MR) is 55.4 cm³/mol. The summed E-state index contributed by atoms with van der Waals surface area (Å²) >= 11 is 5.32. The van der Waals surface area contributed by atoms with Gasteiger partial charge < -0.3 is 0 Å². The van der Waals surface area contributed by atoms with Crippen LogP contribution < -0.4 is 0 Å². The van der Waals surface area contributed by atoms with Crippen molar-refractivity contribution in [3.63, 3.8) is 0 Å². The minimum absolute atomic E-state index is 1.21. The number of hydrogen-bond acceptors (Lipinski definition) is 1. The van der Waals surface area contributed by atoms with E-state index < -0.39 is 0 Å². The molecule has 0 saturated heterocycles. The number of halogens is 1. The topological polar surface area (TPSA) is 0 Å². The fourth-order valence-electron chi connectivity index (χ4n) is 0.995. The predicted octanol–water partition coefficient (Wildman–Crippen LogP) is 3.79. The van der Waals surface area contributed by atoms with Gasteiger partial charge in [-0.3, -0.25) is 0 Å². The molecule has 0 N–H and O–H groups in total. The highest BCUT2D eigenvalue weighted by atomic mass is 79.9. The molecule has 60 valence electrons. The Bertz CT molecular complexity index is 269. The second-order valence-corrected chi connectivity index (χ2v) is 4.28. The zero-order valence-electron chi connectivity index (χ0n) is 6.94. The van der Waals surface area contributed by atoms with Crippen LogP contribution in [0, 0.1) is 13.8 Å². The Balaban J connectivity index is 3.24. The van der Waals surface area contributed by atoms with Crippen molar-refractivity contribution in [2.75, 3.05) is 6.26 Å². The summed E-state index contributed by atoms with van der Waals surface area (Å²) in [6, 6.07) is 4.36. The van der Waals surface area contributed by atoms with E-state index in [-0.39, 0.29) is 0 Å². The van der Waals surface area contributed by atoms with Gasteiger partial charge in [-0.05, 0) is 43.4 Å². The van der Waals surface area contributed by atoms with Crippen molar-refractivity contribution >= 4 is 27.7 Å². The second-order valence-electron chi connectivity index (χ2n) is 2.57. The fraction of sp³-hybridized carbons (Fsp3) is 0.333. The Morgan fingerprint density at radius 1 is 1.27 bits per heavy atom. The lowest BCUT2D eigenvalue weighted by atomic mass is 10.2. The fourth-order valence-corrected chi connectivity index (χ4v) is 2.42. The molecule has 1 aromatic rings. The molecule has 0 atom stereocenters. The average molecular weight is 231 g/mol. The monoisotopic (exact) mass is 230 g/mol. The van der Waals surface area contributed by atoms with Crippen LogP contribution in [0.1, 0.15) is 11.1 Å². The van der Waals surface area contributed by atoms with Gasteiger partial charge in [0.25, 0.3) is 0 Å². The Kier molecular flexibility index (Phi) is 3.02. The molecule has 0 bridgehead atoms. The maximum atomic E-state index is 3.52. The molecular formula is C9H11BrS. The van der Waals surface area contributed by atoms with E-state index in [9.17, 15) is 0 Å². The van der Waals surface area contributed by atoms with Crippen molar-refractivity contribution in [1.82, 2.24) is 0 Å². The molecule has 11 heavy (non-hydrogen) atoms. The van der Waals surface area contributed by atoms with Crippen LogP contribution in [0.2, 0.25) is 0 Å². The highest BCUT2D eigenvalue weighted by Gasteiger charge is 2.01. The Morgan fingerprint density at radius 3 is 2.45 bits per heavy atom. The molecule has 1 aromatic carbocycles. The van der Waals surface area contributed by atoms with Crippen molar-refractivity contribution in [3.8, 4) is 0 Å². The zero-order chi connectivity index (χ0) is 8.43. The first-order valence-electron chi connectivity index (χ1n) is 3.46. The Labute approximate surface area is 80.5 Å². The van der Waals surface area contributed by atoms with Crippen LogP contribution >= 0.6 is 27.7 Å². The molecule has 0 aromatic heterocycles. The van der Waals surface area contributed by atoms with Crippen molar-refractivity contribution in [2.45, 2.75) is 18.7 Å². The smallest absolute Gasteiger partial charge is 0.0218 e.